The van der Waals surface area contributed by atoms with Crippen LogP contribution >= 0.6 is 23.3 Å². The highest BCUT2D eigenvalue weighted by atomic mass is 32.2. The van der Waals surface area contributed by atoms with Crippen molar-refractivity contribution in [3.63, 3.8) is 0 Å². The van der Waals surface area contributed by atoms with Gasteiger partial charge in [-0.15, -0.1) is 11.8 Å². The Bertz CT molecular complexity index is 493. The zero-order valence-corrected chi connectivity index (χ0v) is 13.1. The second-order valence-electron chi connectivity index (χ2n) is 6.13. The lowest BCUT2D eigenvalue weighted by Gasteiger charge is -2.47. The maximum atomic E-state index is 12.2. The minimum absolute atomic E-state index is 0.170. The predicted octanol–water partition coefficient (Wildman–Crippen LogP) is 1.94. The number of amides is 1. The summed E-state index contributed by atoms with van der Waals surface area (Å²) >= 11 is 3.40. The van der Waals surface area contributed by atoms with E-state index in [9.17, 15) is 4.79 Å². The van der Waals surface area contributed by atoms with E-state index in [4.69, 9.17) is 0 Å². The van der Waals surface area contributed by atoms with Crippen molar-refractivity contribution in [2.45, 2.75) is 30.1 Å². The Morgan fingerprint density at radius 2 is 2.15 bits per heavy atom. The molecule has 1 aromatic rings. The fraction of sp³-hybridized carbons (Fsp3) is 0.714. The molecule has 0 aromatic carbocycles. The van der Waals surface area contributed by atoms with E-state index in [1.54, 1.807) is 6.20 Å². The lowest BCUT2D eigenvalue weighted by Crippen LogP contribution is -2.61. The fourth-order valence-electron chi connectivity index (χ4n) is 3.66. The number of rotatable bonds is 2. The molecule has 3 saturated heterocycles. The summed E-state index contributed by atoms with van der Waals surface area (Å²) in [6.07, 6.45) is 5.71. The van der Waals surface area contributed by atoms with Crippen LogP contribution in [0.2, 0.25) is 0 Å². The normalized spacial score (nSPS) is 29.0. The van der Waals surface area contributed by atoms with E-state index < -0.39 is 0 Å². The largest absolute Gasteiger partial charge is 0.335 e. The van der Waals surface area contributed by atoms with E-state index in [2.05, 4.69) is 21.0 Å². The molecule has 3 aliphatic heterocycles. The summed E-state index contributed by atoms with van der Waals surface area (Å²) < 4.78 is 4.37. The molecular weight excluding hydrogens is 290 g/mol. The fourth-order valence-corrected chi connectivity index (χ4v) is 5.90. The predicted molar refractivity (Wildman–Crippen MR) is 82.4 cm³/mol. The van der Waals surface area contributed by atoms with Crippen LogP contribution in [0.1, 0.15) is 28.9 Å². The first kappa shape index (κ1) is 13.1. The van der Waals surface area contributed by atoms with Gasteiger partial charge in [0.1, 0.15) is 4.88 Å². The van der Waals surface area contributed by atoms with Gasteiger partial charge in [0.05, 0.1) is 4.75 Å². The molecule has 3 fully saturated rings. The Kier molecular flexibility index (Phi) is 3.27. The number of likely N-dealkylation sites (tertiary alicyclic amines) is 2. The maximum Gasteiger partial charge on any atom is 0.265 e. The van der Waals surface area contributed by atoms with Crippen LogP contribution in [0.5, 0.6) is 0 Å². The summed E-state index contributed by atoms with van der Waals surface area (Å²) in [7, 11) is 0. The second kappa shape index (κ2) is 5.00. The third kappa shape index (κ3) is 2.18. The van der Waals surface area contributed by atoms with Gasteiger partial charge in [0.25, 0.3) is 5.91 Å². The van der Waals surface area contributed by atoms with Crippen LogP contribution in [0.3, 0.4) is 0 Å². The molecule has 4 heterocycles. The standard InChI is InChI=1S/C14H19N3OS2/c18-13(12-3-4-15-20-12)17-9-14(10-17)7-11(8-19-14)16-5-1-2-6-16/h3-4,11H,1-2,5-10H2. The number of nitrogens with zero attached hydrogens (tertiary/aromatic N) is 3. The molecule has 0 radical (unpaired) electrons. The molecule has 1 unspecified atom stereocenters. The Hall–Kier alpha value is -0.590. The van der Waals surface area contributed by atoms with E-state index in [0.717, 1.165) is 24.0 Å². The number of carbonyl (C=O) groups excluding carboxylic acids is 1. The molecule has 3 aliphatic rings. The first-order chi connectivity index (χ1) is 9.76. The number of hydrogen-bond acceptors (Lipinski definition) is 5. The molecule has 1 atom stereocenters. The molecule has 0 saturated carbocycles. The molecular formula is C14H19N3OS2. The minimum Gasteiger partial charge on any atom is -0.335 e. The van der Waals surface area contributed by atoms with Crippen LogP contribution < -0.4 is 0 Å². The molecule has 1 amide bonds. The quantitative estimate of drug-likeness (QED) is 0.836. The summed E-state index contributed by atoms with van der Waals surface area (Å²) in [6, 6.07) is 2.58. The van der Waals surface area contributed by atoms with E-state index >= 15 is 0 Å². The highest BCUT2D eigenvalue weighted by molar-refractivity contribution is 8.01. The highest BCUT2D eigenvalue weighted by Crippen LogP contribution is 2.47. The van der Waals surface area contributed by atoms with E-state index in [-0.39, 0.29) is 5.91 Å². The smallest absolute Gasteiger partial charge is 0.265 e. The van der Waals surface area contributed by atoms with Crippen LogP contribution in [0.15, 0.2) is 12.3 Å². The first-order valence-corrected chi connectivity index (χ1v) is 9.10. The minimum atomic E-state index is 0.170. The van der Waals surface area contributed by atoms with Gasteiger partial charge in [-0.1, -0.05) is 0 Å². The van der Waals surface area contributed by atoms with Crippen molar-refractivity contribution in [3.8, 4) is 0 Å². The van der Waals surface area contributed by atoms with Gasteiger partial charge in [0.2, 0.25) is 0 Å². The second-order valence-corrected chi connectivity index (χ2v) is 8.45. The Morgan fingerprint density at radius 3 is 2.85 bits per heavy atom. The van der Waals surface area contributed by atoms with Crippen molar-refractivity contribution in [1.29, 1.82) is 0 Å². The van der Waals surface area contributed by atoms with Gasteiger partial charge in [0.15, 0.2) is 0 Å². The van der Waals surface area contributed by atoms with Crippen LogP contribution in [0.25, 0.3) is 0 Å². The van der Waals surface area contributed by atoms with Gasteiger partial charge >= 0.3 is 0 Å². The Balaban J connectivity index is 1.35. The van der Waals surface area contributed by atoms with Gasteiger partial charge in [-0.25, -0.2) is 4.37 Å². The molecule has 0 aliphatic carbocycles. The number of aromatic nitrogens is 1. The first-order valence-electron chi connectivity index (χ1n) is 7.34. The molecule has 1 spiro atoms. The summed E-state index contributed by atoms with van der Waals surface area (Å²) in [5.41, 5.74) is 0. The van der Waals surface area contributed by atoms with E-state index in [1.807, 2.05) is 11.0 Å². The molecule has 0 N–H and O–H groups in total. The van der Waals surface area contributed by atoms with Crippen molar-refractivity contribution in [2.24, 2.45) is 0 Å². The molecule has 4 rings (SSSR count). The van der Waals surface area contributed by atoms with Gasteiger partial charge < -0.3 is 4.90 Å². The summed E-state index contributed by atoms with van der Waals surface area (Å²) in [5, 5.41) is 0. The average Bonchev–Trinajstić information content (AvgIpc) is 3.14. The third-order valence-corrected chi connectivity index (χ3v) is 7.06. The monoisotopic (exact) mass is 309 g/mol. The topological polar surface area (TPSA) is 36.4 Å². The summed E-state index contributed by atoms with van der Waals surface area (Å²) in [5.74, 6) is 1.42. The zero-order chi connectivity index (χ0) is 13.6. The zero-order valence-electron chi connectivity index (χ0n) is 11.5. The number of thioether (sulfide) groups is 1. The number of carbonyl (C=O) groups is 1. The van der Waals surface area contributed by atoms with Crippen molar-refractivity contribution >= 4 is 29.2 Å². The molecule has 1 aromatic heterocycles. The van der Waals surface area contributed by atoms with Crippen molar-refractivity contribution in [3.05, 3.63) is 17.1 Å². The van der Waals surface area contributed by atoms with Crippen LogP contribution in [0.4, 0.5) is 0 Å². The van der Waals surface area contributed by atoms with E-state index in [0.29, 0.717) is 4.75 Å². The van der Waals surface area contributed by atoms with E-state index in [1.165, 1.54) is 49.6 Å². The Morgan fingerprint density at radius 1 is 1.35 bits per heavy atom. The van der Waals surface area contributed by atoms with Crippen molar-refractivity contribution in [1.82, 2.24) is 14.2 Å². The van der Waals surface area contributed by atoms with Gasteiger partial charge in [-0.2, -0.15) is 0 Å². The van der Waals surface area contributed by atoms with Crippen molar-refractivity contribution in [2.75, 3.05) is 31.9 Å². The van der Waals surface area contributed by atoms with Crippen LogP contribution in [-0.2, 0) is 0 Å². The summed E-state index contributed by atoms with van der Waals surface area (Å²) in [6.45, 7) is 4.42. The maximum absolute atomic E-state index is 12.2. The third-order valence-electron chi connectivity index (χ3n) is 4.74. The van der Waals surface area contributed by atoms with Gasteiger partial charge in [0, 0.05) is 31.1 Å². The molecule has 20 heavy (non-hydrogen) atoms. The van der Waals surface area contributed by atoms with Gasteiger partial charge in [-0.05, 0) is 50.0 Å². The SMILES string of the molecule is O=C(c1ccns1)N1CC2(CC(N3CCCC3)CS2)C1. The lowest BCUT2D eigenvalue weighted by molar-refractivity contribution is 0.0538. The van der Waals surface area contributed by atoms with Gasteiger partial charge in [-0.3, -0.25) is 9.69 Å². The van der Waals surface area contributed by atoms with Crippen molar-refractivity contribution < 1.29 is 4.79 Å². The summed E-state index contributed by atoms with van der Waals surface area (Å²) in [4.78, 5) is 17.7. The highest BCUT2D eigenvalue weighted by Gasteiger charge is 2.51. The van der Waals surface area contributed by atoms with Crippen LogP contribution in [-0.4, -0.2) is 62.8 Å². The lowest BCUT2D eigenvalue weighted by atomic mass is 9.91. The molecule has 0 bridgehead atoms. The molecule has 108 valence electrons. The molecule has 6 heteroatoms. The number of hydrogen-bond donors (Lipinski definition) is 0. The van der Waals surface area contributed by atoms with Crippen LogP contribution in [0, 0.1) is 0 Å². The average molecular weight is 309 g/mol. The Labute approximate surface area is 127 Å². The molecule has 4 nitrogen and oxygen atoms in total.